The standard InChI is InChI=1S/C19H30N4O4/c1-13(2)10-23-12-22(4)19(26)17-18(23)21-16(11-24)15(20-17)8-6-5-7-9-27-14(3)25/h13,24H,5-12H2,1-4H3. The third-order valence-corrected chi connectivity index (χ3v) is 4.36. The number of amides is 1. The highest BCUT2D eigenvalue weighted by Crippen LogP contribution is 2.26. The number of ether oxygens (including phenoxy) is 1. The van der Waals surface area contributed by atoms with E-state index in [0.717, 1.165) is 25.8 Å². The second-order valence-corrected chi connectivity index (χ2v) is 7.36. The van der Waals surface area contributed by atoms with Crippen molar-refractivity contribution in [3.8, 4) is 0 Å². The van der Waals surface area contributed by atoms with Crippen LogP contribution in [-0.4, -0.2) is 58.7 Å². The van der Waals surface area contributed by atoms with Gasteiger partial charge in [0, 0.05) is 20.5 Å². The van der Waals surface area contributed by atoms with Crippen LogP contribution in [0.1, 0.15) is 61.9 Å². The smallest absolute Gasteiger partial charge is 0.302 e. The minimum absolute atomic E-state index is 0.141. The molecule has 0 fully saturated rings. The molecule has 0 radical (unpaired) electrons. The minimum atomic E-state index is -0.272. The van der Waals surface area contributed by atoms with Crippen molar-refractivity contribution in [2.24, 2.45) is 5.92 Å². The molecular weight excluding hydrogens is 348 g/mol. The number of fused-ring (bicyclic) bond motifs is 1. The van der Waals surface area contributed by atoms with E-state index in [9.17, 15) is 14.7 Å². The molecule has 1 aromatic heterocycles. The Morgan fingerprint density at radius 2 is 1.96 bits per heavy atom. The van der Waals surface area contributed by atoms with E-state index in [0.29, 0.717) is 48.5 Å². The molecular formula is C19H30N4O4. The fraction of sp³-hybridized carbons (Fsp3) is 0.684. The molecule has 0 aromatic carbocycles. The van der Waals surface area contributed by atoms with E-state index in [-0.39, 0.29) is 18.5 Å². The average molecular weight is 378 g/mol. The van der Waals surface area contributed by atoms with Gasteiger partial charge in [-0.15, -0.1) is 0 Å². The van der Waals surface area contributed by atoms with Gasteiger partial charge in [-0.3, -0.25) is 9.59 Å². The molecule has 1 N–H and O–H groups in total. The zero-order chi connectivity index (χ0) is 20.0. The van der Waals surface area contributed by atoms with Gasteiger partial charge in [0.25, 0.3) is 5.91 Å². The number of unbranched alkanes of at least 4 members (excludes halogenated alkanes) is 2. The van der Waals surface area contributed by atoms with Gasteiger partial charge in [0.05, 0.1) is 31.3 Å². The number of anilines is 1. The monoisotopic (exact) mass is 378 g/mol. The van der Waals surface area contributed by atoms with Gasteiger partial charge in [-0.25, -0.2) is 9.97 Å². The maximum Gasteiger partial charge on any atom is 0.302 e. The second kappa shape index (κ2) is 9.64. The first kappa shape index (κ1) is 21.1. The molecule has 1 amide bonds. The van der Waals surface area contributed by atoms with E-state index < -0.39 is 0 Å². The highest BCUT2D eigenvalue weighted by molar-refractivity contribution is 5.98. The molecule has 0 bridgehead atoms. The van der Waals surface area contributed by atoms with Gasteiger partial charge in [-0.1, -0.05) is 13.8 Å². The first-order chi connectivity index (χ1) is 12.8. The minimum Gasteiger partial charge on any atom is -0.466 e. The molecule has 8 heteroatoms. The Labute approximate surface area is 160 Å². The lowest BCUT2D eigenvalue weighted by atomic mass is 10.1. The lowest BCUT2D eigenvalue weighted by Crippen LogP contribution is -2.47. The van der Waals surface area contributed by atoms with E-state index in [2.05, 4.69) is 23.8 Å². The molecule has 0 aliphatic carbocycles. The van der Waals surface area contributed by atoms with Gasteiger partial charge in [-0.05, 0) is 31.6 Å². The number of hydrogen-bond donors (Lipinski definition) is 1. The molecule has 150 valence electrons. The SMILES string of the molecule is CC(=O)OCCCCCc1nc2c(nc1CO)N(CC(C)C)CN(C)C2=O. The Morgan fingerprint density at radius 1 is 1.22 bits per heavy atom. The van der Waals surface area contributed by atoms with E-state index >= 15 is 0 Å². The van der Waals surface area contributed by atoms with Gasteiger partial charge in [0.15, 0.2) is 11.5 Å². The third-order valence-electron chi connectivity index (χ3n) is 4.36. The number of nitrogens with zero attached hydrogens (tertiary/aromatic N) is 4. The normalized spacial score (nSPS) is 13.9. The van der Waals surface area contributed by atoms with Crippen molar-refractivity contribution in [2.45, 2.75) is 53.1 Å². The van der Waals surface area contributed by atoms with Crippen LogP contribution in [0.15, 0.2) is 0 Å². The van der Waals surface area contributed by atoms with Crippen LogP contribution in [0.2, 0.25) is 0 Å². The van der Waals surface area contributed by atoms with Crippen LogP contribution in [0.5, 0.6) is 0 Å². The first-order valence-electron chi connectivity index (χ1n) is 9.47. The van der Waals surface area contributed by atoms with Crippen LogP contribution in [-0.2, 0) is 22.6 Å². The average Bonchev–Trinajstić information content (AvgIpc) is 2.61. The Kier molecular flexibility index (Phi) is 7.53. The van der Waals surface area contributed by atoms with Crippen LogP contribution < -0.4 is 4.90 Å². The molecule has 8 nitrogen and oxygen atoms in total. The highest BCUT2D eigenvalue weighted by Gasteiger charge is 2.31. The van der Waals surface area contributed by atoms with Gasteiger partial charge in [0.2, 0.25) is 0 Å². The summed E-state index contributed by atoms with van der Waals surface area (Å²) in [6.07, 6.45) is 3.08. The van der Waals surface area contributed by atoms with Crippen molar-refractivity contribution in [3.63, 3.8) is 0 Å². The van der Waals surface area contributed by atoms with Crippen LogP contribution in [0.4, 0.5) is 5.82 Å². The lowest BCUT2D eigenvalue weighted by molar-refractivity contribution is -0.141. The van der Waals surface area contributed by atoms with Gasteiger partial charge < -0.3 is 19.6 Å². The molecule has 2 heterocycles. The van der Waals surface area contributed by atoms with Gasteiger partial charge in [-0.2, -0.15) is 0 Å². The molecule has 1 aliphatic heterocycles. The van der Waals surface area contributed by atoms with Crippen molar-refractivity contribution < 1.29 is 19.4 Å². The van der Waals surface area contributed by atoms with Crippen molar-refractivity contribution in [1.82, 2.24) is 14.9 Å². The Morgan fingerprint density at radius 3 is 2.59 bits per heavy atom. The zero-order valence-electron chi connectivity index (χ0n) is 16.7. The van der Waals surface area contributed by atoms with Crippen LogP contribution in [0.25, 0.3) is 0 Å². The van der Waals surface area contributed by atoms with E-state index in [1.54, 1.807) is 11.9 Å². The molecule has 1 aliphatic rings. The van der Waals surface area contributed by atoms with Crippen LogP contribution >= 0.6 is 0 Å². The quantitative estimate of drug-likeness (QED) is 0.516. The summed E-state index contributed by atoms with van der Waals surface area (Å²) in [7, 11) is 1.76. The molecule has 0 spiro atoms. The molecule has 27 heavy (non-hydrogen) atoms. The predicted molar refractivity (Wildman–Crippen MR) is 101 cm³/mol. The van der Waals surface area contributed by atoms with Crippen molar-refractivity contribution in [2.75, 3.05) is 31.8 Å². The Balaban J connectivity index is 2.13. The highest BCUT2D eigenvalue weighted by atomic mass is 16.5. The Hall–Kier alpha value is -2.22. The van der Waals surface area contributed by atoms with E-state index in [4.69, 9.17) is 4.74 Å². The molecule has 2 rings (SSSR count). The van der Waals surface area contributed by atoms with E-state index in [1.165, 1.54) is 6.92 Å². The van der Waals surface area contributed by atoms with Crippen molar-refractivity contribution in [1.29, 1.82) is 0 Å². The maximum atomic E-state index is 12.6. The predicted octanol–water partition coefficient (Wildman–Crippen LogP) is 1.75. The number of aliphatic hydroxyl groups is 1. The van der Waals surface area contributed by atoms with Gasteiger partial charge >= 0.3 is 5.97 Å². The summed E-state index contributed by atoms with van der Waals surface area (Å²) in [5, 5.41) is 9.73. The number of aromatic nitrogens is 2. The molecule has 1 aromatic rings. The summed E-state index contributed by atoms with van der Waals surface area (Å²) in [5.74, 6) is 0.565. The largest absolute Gasteiger partial charge is 0.466 e. The number of rotatable bonds is 9. The third kappa shape index (κ3) is 5.63. The summed E-state index contributed by atoms with van der Waals surface area (Å²) in [6.45, 7) is 7.06. The summed E-state index contributed by atoms with van der Waals surface area (Å²) in [6, 6.07) is 0. The van der Waals surface area contributed by atoms with Crippen LogP contribution in [0, 0.1) is 5.92 Å². The number of carbonyl (C=O) groups is 2. The van der Waals surface area contributed by atoms with E-state index in [1.807, 2.05) is 4.90 Å². The van der Waals surface area contributed by atoms with Gasteiger partial charge in [0.1, 0.15) is 0 Å². The fourth-order valence-electron chi connectivity index (χ4n) is 3.13. The summed E-state index contributed by atoms with van der Waals surface area (Å²) in [5.41, 5.74) is 1.55. The lowest BCUT2D eigenvalue weighted by Gasteiger charge is -2.36. The zero-order valence-corrected chi connectivity index (χ0v) is 16.7. The number of aryl methyl sites for hydroxylation is 1. The number of aliphatic hydroxyl groups excluding tert-OH is 1. The summed E-state index contributed by atoms with van der Waals surface area (Å²) in [4.78, 5) is 36.2. The maximum absolute atomic E-state index is 12.6. The molecule has 0 saturated carbocycles. The summed E-state index contributed by atoms with van der Waals surface area (Å²) >= 11 is 0. The fourth-order valence-corrected chi connectivity index (χ4v) is 3.13. The topological polar surface area (TPSA) is 95.9 Å². The van der Waals surface area contributed by atoms with Crippen LogP contribution in [0.3, 0.4) is 0 Å². The first-order valence-corrected chi connectivity index (χ1v) is 9.47. The molecule has 0 atom stereocenters. The van der Waals surface area contributed by atoms with Crippen molar-refractivity contribution >= 4 is 17.7 Å². The second-order valence-electron chi connectivity index (χ2n) is 7.36. The summed E-state index contributed by atoms with van der Waals surface area (Å²) < 4.78 is 4.92. The molecule has 0 unspecified atom stereocenters. The number of hydrogen-bond acceptors (Lipinski definition) is 7. The Bertz CT molecular complexity index is 678. The number of esters is 1. The molecule has 0 saturated heterocycles. The van der Waals surface area contributed by atoms with Crippen molar-refractivity contribution in [3.05, 3.63) is 17.1 Å². The number of carbonyl (C=O) groups excluding carboxylic acids is 2.